The fourth-order valence-electron chi connectivity index (χ4n) is 3.29. The van der Waals surface area contributed by atoms with Gasteiger partial charge in [0.2, 0.25) is 0 Å². The number of aliphatic imine (C=N–C) groups is 1. The Balaban J connectivity index is 1.25. The third-order valence-corrected chi connectivity index (χ3v) is 4.74. The van der Waals surface area contributed by atoms with Crippen molar-refractivity contribution in [2.24, 2.45) is 4.99 Å². The van der Waals surface area contributed by atoms with Gasteiger partial charge in [-0.05, 0) is 36.6 Å². The predicted octanol–water partition coefficient (Wildman–Crippen LogP) is 1.32. The van der Waals surface area contributed by atoms with Crippen LogP contribution in [0.2, 0.25) is 0 Å². The van der Waals surface area contributed by atoms with Crippen molar-refractivity contribution in [2.45, 2.75) is 32.4 Å². The van der Waals surface area contributed by atoms with Crippen LogP contribution in [-0.4, -0.2) is 44.1 Å². The molecule has 0 saturated carbocycles. The number of nitrogens with one attached hydrogen (secondary N) is 2. The number of nitrogens with zero attached hydrogens (tertiary/aromatic N) is 6. The average molecular weight is 364 g/mol. The number of hydrogen-bond donors (Lipinski definition) is 2. The van der Waals surface area contributed by atoms with E-state index in [2.05, 4.69) is 59.8 Å². The summed E-state index contributed by atoms with van der Waals surface area (Å²) in [6, 6.07) is 10.4. The van der Waals surface area contributed by atoms with Crippen molar-refractivity contribution in [3.8, 4) is 5.69 Å². The average Bonchev–Trinajstić information content (AvgIpc) is 3.44. The zero-order valence-electron chi connectivity index (χ0n) is 15.5. The van der Waals surface area contributed by atoms with E-state index in [1.165, 1.54) is 5.56 Å². The van der Waals surface area contributed by atoms with E-state index >= 15 is 0 Å². The number of fused-ring (bicyclic) bond motifs is 1. The molecule has 0 fully saturated rings. The van der Waals surface area contributed by atoms with Gasteiger partial charge in [0.1, 0.15) is 5.82 Å². The van der Waals surface area contributed by atoms with E-state index in [4.69, 9.17) is 0 Å². The number of rotatable bonds is 6. The Labute approximate surface area is 158 Å². The second-order valence-electron chi connectivity index (χ2n) is 6.51. The van der Waals surface area contributed by atoms with Crippen molar-refractivity contribution in [2.75, 3.05) is 13.6 Å². The minimum atomic E-state index is 0.630. The molecule has 0 atom stereocenters. The molecule has 0 bridgehead atoms. The maximum Gasteiger partial charge on any atom is 0.191 e. The first-order valence-corrected chi connectivity index (χ1v) is 9.28. The normalized spacial score (nSPS) is 13.6. The molecule has 2 aromatic heterocycles. The van der Waals surface area contributed by atoms with Crippen LogP contribution in [0.5, 0.6) is 0 Å². The fraction of sp³-hybridized carbons (Fsp3) is 0.368. The van der Waals surface area contributed by atoms with Gasteiger partial charge in [-0.2, -0.15) is 5.10 Å². The molecule has 3 aromatic rings. The molecular weight excluding hydrogens is 340 g/mol. The van der Waals surface area contributed by atoms with E-state index in [9.17, 15) is 0 Å². The lowest BCUT2D eigenvalue weighted by Crippen LogP contribution is -2.38. The molecule has 1 aliphatic rings. The molecular formula is C19H24N8. The Morgan fingerprint density at radius 1 is 1.19 bits per heavy atom. The predicted molar refractivity (Wildman–Crippen MR) is 104 cm³/mol. The van der Waals surface area contributed by atoms with E-state index in [-0.39, 0.29) is 0 Å². The standard InChI is InChI=1S/C19H24N8/c1-20-19(22-14-18-25-24-17-4-2-12-26(17)18)21-11-9-15-5-7-16(8-6-15)27-13-3-10-23-27/h3,5-8,10,13H,2,4,9,11-12,14H2,1H3,(H2,20,21,22). The second kappa shape index (κ2) is 8.03. The largest absolute Gasteiger partial charge is 0.356 e. The van der Waals surface area contributed by atoms with Crippen LogP contribution in [0.25, 0.3) is 5.69 Å². The smallest absolute Gasteiger partial charge is 0.191 e. The van der Waals surface area contributed by atoms with E-state index < -0.39 is 0 Å². The summed E-state index contributed by atoms with van der Waals surface area (Å²) in [4.78, 5) is 4.29. The molecule has 0 radical (unpaired) electrons. The molecule has 140 valence electrons. The first kappa shape index (κ1) is 17.3. The molecule has 2 N–H and O–H groups in total. The monoisotopic (exact) mass is 364 g/mol. The Morgan fingerprint density at radius 3 is 2.85 bits per heavy atom. The van der Waals surface area contributed by atoms with E-state index in [0.717, 1.165) is 55.6 Å². The van der Waals surface area contributed by atoms with Crippen molar-refractivity contribution in [3.05, 3.63) is 59.9 Å². The molecule has 3 heterocycles. The van der Waals surface area contributed by atoms with Crippen molar-refractivity contribution >= 4 is 5.96 Å². The SMILES string of the molecule is CN=C(NCCc1ccc(-n2cccn2)cc1)NCc1nnc2n1CCC2. The van der Waals surface area contributed by atoms with E-state index in [0.29, 0.717) is 6.54 Å². The third kappa shape index (κ3) is 3.99. The molecule has 0 aliphatic carbocycles. The molecule has 0 spiro atoms. The van der Waals surface area contributed by atoms with Gasteiger partial charge in [0.15, 0.2) is 11.8 Å². The summed E-state index contributed by atoms with van der Waals surface area (Å²) in [5.41, 5.74) is 2.33. The molecule has 1 aromatic carbocycles. The lowest BCUT2D eigenvalue weighted by atomic mass is 10.1. The molecule has 0 unspecified atom stereocenters. The van der Waals surface area contributed by atoms with Gasteiger partial charge in [-0.3, -0.25) is 4.99 Å². The van der Waals surface area contributed by atoms with Crippen LogP contribution in [-0.2, 0) is 25.9 Å². The van der Waals surface area contributed by atoms with Crippen LogP contribution < -0.4 is 10.6 Å². The maximum atomic E-state index is 4.29. The molecule has 8 heteroatoms. The Kier molecular flexibility index (Phi) is 5.13. The first-order chi connectivity index (χ1) is 13.3. The van der Waals surface area contributed by atoms with E-state index in [1.807, 2.05) is 16.9 Å². The minimum absolute atomic E-state index is 0.630. The third-order valence-electron chi connectivity index (χ3n) is 4.74. The summed E-state index contributed by atoms with van der Waals surface area (Å²) in [6.07, 6.45) is 6.82. The van der Waals surface area contributed by atoms with Gasteiger partial charge in [-0.1, -0.05) is 12.1 Å². The zero-order valence-corrected chi connectivity index (χ0v) is 15.5. The van der Waals surface area contributed by atoms with Gasteiger partial charge >= 0.3 is 0 Å². The van der Waals surface area contributed by atoms with Gasteiger partial charge in [0.05, 0.1) is 12.2 Å². The van der Waals surface area contributed by atoms with Crippen LogP contribution in [0.4, 0.5) is 0 Å². The number of guanidine groups is 1. The van der Waals surface area contributed by atoms with Crippen LogP contribution in [0.1, 0.15) is 23.6 Å². The van der Waals surface area contributed by atoms with Crippen LogP contribution in [0.3, 0.4) is 0 Å². The summed E-state index contributed by atoms with van der Waals surface area (Å²) in [6.45, 7) is 2.45. The zero-order chi connectivity index (χ0) is 18.5. The molecule has 1 aliphatic heterocycles. The molecule has 0 amide bonds. The first-order valence-electron chi connectivity index (χ1n) is 9.28. The highest BCUT2D eigenvalue weighted by atomic mass is 15.3. The highest BCUT2D eigenvalue weighted by Crippen LogP contribution is 2.13. The van der Waals surface area contributed by atoms with Gasteiger partial charge in [-0.15, -0.1) is 10.2 Å². The Hall–Kier alpha value is -3.16. The van der Waals surface area contributed by atoms with Gasteiger partial charge in [-0.25, -0.2) is 4.68 Å². The Bertz CT molecular complexity index is 892. The summed E-state index contributed by atoms with van der Waals surface area (Å²) < 4.78 is 4.05. The minimum Gasteiger partial charge on any atom is -0.356 e. The van der Waals surface area contributed by atoms with Crippen molar-refractivity contribution < 1.29 is 0 Å². The number of benzene rings is 1. The molecule has 8 nitrogen and oxygen atoms in total. The quantitative estimate of drug-likeness (QED) is 0.509. The molecule has 27 heavy (non-hydrogen) atoms. The highest BCUT2D eigenvalue weighted by molar-refractivity contribution is 5.79. The topological polar surface area (TPSA) is 84.9 Å². The van der Waals surface area contributed by atoms with Gasteiger partial charge in [0.25, 0.3) is 0 Å². The van der Waals surface area contributed by atoms with Gasteiger partial charge < -0.3 is 15.2 Å². The highest BCUT2D eigenvalue weighted by Gasteiger charge is 2.16. The maximum absolute atomic E-state index is 4.29. The Morgan fingerprint density at radius 2 is 2.07 bits per heavy atom. The van der Waals surface area contributed by atoms with Crippen LogP contribution >= 0.6 is 0 Å². The number of hydrogen-bond acceptors (Lipinski definition) is 4. The summed E-state index contributed by atoms with van der Waals surface area (Å²) >= 11 is 0. The lowest BCUT2D eigenvalue weighted by molar-refractivity contribution is 0.662. The lowest BCUT2D eigenvalue weighted by Gasteiger charge is -2.12. The second-order valence-corrected chi connectivity index (χ2v) is 6.51. The summed E-state index contributed by atoms with van der Waals surface area (Å²) in [5.74, 6) is 2.84. The number of aryl methyl sites for hydroxylation is 1. The van der Waals surface area contributed by atoms with Crippen LogP contribution in [0, 0.1) is 0 Å². The summed E-state index contributed by atoms with van der Waals surface area (Å²) in [7, 11) is 1.78. The fourth-order valence-corrected chi connectivity index (χ4v) is 3.29. The summed E-state index contributed by atoms with van der Waals surface area (Å²) in [5, 5.41) is 19.4. The van der Waals surface area contributed by atoms with E-state index in [1.54, 1.807) is 13.2 Å². The number of aromatic nitrogens is 5. The van der Waals surface area contributed by atoms with Crippen molar-refractivity contribution in [3.63, 3.8) is 0 Å². The molecule has 4 rings (SSSR count). The van der Waals surface area contributed by atoms with Crippen LogP contribution in [0.15, 0.2) is 47.7 Å². The van der Waals surface area contributed by atoms with Gasteiger partial charge in [0, 0.05) is 39.0 Å². The van der Waals surface area contributed by atoms with Crippen molar-refractivity contribution in [1.82, 2.24) is 35.2 Å². The van der Waals surface area contributed by atoms with Crippen molar-refractivity contribution in [1.29, 1.82) is 0 Å². The molecule has 0 saturated heterocycles.